The Labute approximate surface area is 96.7 Å². The number of benzene rings is 1. The fourth-order valence-corrected chi connectivity index (χ4v) is 1.40. The van der Waals surface area contributed by atoms with Crippen molar-refractivity contribution in [1.29, 1.82) is 5.26 Å². The van der Waals surface area contributed by atoms with Crippen molar-refractivity contribution in [2.75, 3.05) is 7.11 Å². The van der Waals surface area contributed by atoms with Crippen LogP contribution < -0.4 is 4.74 Å². The monoisotopic (exact) mass is 235 g/mol. The van der Waals surface area contributed by atoms with Gasteiger partial charge in [0.15, 0.2) is 12.4 Å². The number of rotatable bonds is 4. The molecule has 2 N–H and O–H groups in total. The average Bonchev–Trinajstić information content (AvgIpc) is 2.35. The standard InChI is InChI=1S/C11H9NO5/c1-17-10-7(9(14)11(15)16)3-2-6(5-13)8(10)4-12/h2-3,5,9,14H,1H3,(H,15,16). The molecule has 0 aliphatic heterocycles. The number of carboxylic acids is 1. The first-order valence-electron chi connectivity index (χ1n) is 4.53. The molecule has 0 bridgehead atoms. The van der Waals surface area contributed by atoms with Crippen molar-refractivity contribution in [3.8, 4) is 11.8 Å². The first kappa shape index (κ1) is 12.7. The zero-order chi connectivity index (χ0) is 13.0. The number of hydrogen-bond donors (Lipinski definition) is 2. The largest absolute Gasteiger partial charge is 0.495 e. The molecule has 0 radical (unpaired) electrons. The molecular weight excluding hydrogens is 226 g/mol. The number of carboxylic acid groups (broad SMARTS) is 1. The minimum Gasteiger partial charge on any atom is -0.495 e. The maximum absolute atomic E-state index is 10.7. The van der Waals surface area contributed by atoms with Gasteiger partial charge in [0.2, 0.25) is 0 Å². The Morgan fingerprint density at radius 2 is 2.24 bits per heavy atom. The van der Waals surface area contributed by atoms with Gasteiger partial charge in [-0.1, -0.05) is 6.07 Å². The van der Waals surface area contributed by atoms with Crippen LogP contribution in [-0.4, -0.2) is 29.6 Å². The van der Waals surface area contributed by atoms with Crippen molar-refractivity contribution in [3.63, 3.8) is 0 Å². The van der Waals surface area contributed by atoms with Crippen LogP contribution >= 0.6 is 0 Å². The van der Waals surface area contributed by atoms with E-state index in [0.717, 1.165) is 0 Å². The maximum atomic E-state index is 10.7. The Kier molecular flexibility index (Phi) is 3.80. The zero-order valence-corrected chi connectivity index (χ0v) is 8.88. The van der Waals surface area contributed by atoms with Crippen LogP contribution in [-0.2, 0) is 4.79 Å². The molecule has 0 spiro atoms. The van der Waals surface area contributed by atoms with Crippen molar-refractivity contribution in [2.45, 2.75) is 6.10 Å². The van der Waals surface area contributed by atoms with Gasteiger partial charge in [0.25, 0.3) is 0 Å². The van der Waals surface area contributed by atoms with Crippen molar-refractivity contribution >= 4 is 12.3 Å². The maximum Gasteiger partial charge on any atom is 0.337 e. The summed E-state index contributed by atoms with van der Waals surface area (Å²) in [6.45, 7) is 0. The highest BCUT2D eigenvalue weighted by atomic mass is 16.5. The van der Waals surface area contributed by atoms with Gasteiger partial charge >= 0.3 is 5.97 Å². The Hall–Kier alpha value is -2.39. The molecule has 0 saturated heterocycles. The predicted octanol–water partition coefficient (Wildman–Crippen LogP) is 0.497. The number of aliphatic hydroxyl groups excluding tert-OH is 1. The van der Waals surface area contributed by atoms with E-state index >= 15 is 0 Å². The summed E-state index contributed by atoms with van der Waals surface area (Å²) in [6, 6.07) is 4.24. The van der Waals surface area contributed by atoms with Crippen LogP contribution in [0, 0.1) is 11.3 Å². The molecule has 1 aromatic carbocycles. The van der Waals surface area contributed by atoms with E-state index in [2.05, 4.69) is 0 Å². The summed E-state index contributed by atoms with van der Waals surface area (Å²) in [4.78, 5) is 21.3. The number of aliphatic carboxylic acids is 1. The highest BCUT2D eigenvalue weighted by molar-refractivity contribution is 5.83. The summed E-state index contributed by atoms with van der Waals surface area (Å²) >= 11 is 0. The first-order chi connectivity index (χ1) is 8.06. The number of aliphatic hydroxyl groups is 1. The van der Waals surface area contributed by atoms with Gasteiger partial charge in [0.1, 0.15) is 17.4 Å². The molecule has 0 heterocycles. The quantitative estimate of drug-likeness (QED) is 0.735. The second kappa shape index (κ2) is 5.09. The third kappa shape index (κ3) is 2.24. The summed E-state index contributed by atoms with van der Waals surface area (Å²) in [6.07, 6.45) is -1.35. The third-order valence-corrected chi connectivity index (χ3v) is 2.19. The molecular formula is C11H9NO5. The van der Waals surface area contributed by atoms with E-state index in [4.69, 9.17) is 15.1 Å². The number of carbonyl (C=O) groups excluding carboxylic acids is 1. The van der Waals surface area contributed by atoms with Crippen LogP contribution in [0.5, 0.6) is 5.75 Å². The lowest BCUT2D eigenvalue weighted by atomic mass is 10.00. The third-order valence-electron chi connectivity index (χ3n) is 2.19. The van der Waals surface area contributed by atoms with Gasteiger partial charge in [-0.2, -0.15) is 5.26 Å². The number of nitriles is 1. The van der Waals surface area contributed by atoms with Crippen LogP contribution in [0.15, 0.2) is 12.1 Å². The number of hydrogen-bond acceptors (Lipinski definition) is 5. The number of ether oxygens (including phenoxy) is 1. The molecule has 0 aliphatic rings. The molecule has 88 valence electrons. The Balaban J connectivity index is 3.50. The van der Waals surface area contributed by atoms with Gasteiger partial charge in [-0.15, -0.1) is 0 Å². The lowest BCUT2D eigenvalue weighted by Gasteiger charge is -2.13. The summed E-state index contributed by atoms with van der Waals surface area (Å²) in [7, 11) is 1.23. The van der Waals surface area contributed by atoms with E-state index in [1.807, 2.05) is 0 Å². The summed E-state index contributed by atoms with van der Waals surface area (Å²) in [5.74, 6) is -1.57. The van der Waals surface area contributed by atoms with Crippen LogP contribution in [0.2, 0.25) is 0 Å². The van der Waals surface area contributed by atoms with Crippen molar-refractivity contribution < 1.29 is 24.5 Å². The van der Waals surface area contributed by atoms with Crippen molar-refractivity contribution in [2.24, 2.45) is 0 Å². The molecule has 6 nitrogen and oxygen atoms in total. The molecule has 1 atom stereocenters. The molecule has 0 aromatic heterocycles. The average molecular weight is 235 g/mol. The molecule has 0 saturated carbocycles. The number of methoxy groups -OCH3 is 1. The predicted molar refractivity (Wildman–Crippen MR) is 55.7 cm³/mol. The second-order valence-electron chi connectivity index (χ2n) is 3.12. The smallest absolute Gasteiger partial charge is 0.337 e. The van der Waals surface area contributed by atoms with Crippen molar-refractivity contribution in [1.82, 2.24) is 0 Å². The van der Waals surface area contributed by atoms with Gasteiger partial charge in [0, 0.05) is 11.1 Å². The minimum atomic E-state index is -1.81. The molecule has 1 unspecified atom stereocenters. The van der Waals surface area contributed by atoms with E-state index in [1.165, 1.54) is 19.2 Å². The van der Waals surface area contributed by atoms with Gasteiger partial charge in [-0.3, -0.25) is 4.79 Å². The van der Waals surface area contributed by atoms with Crippen LogP contribution in [0.4, 0.5) is 0 Å². The van der Waals surface area contributed by atoms with Crippen LogP contribution in [0.1, 0.15) is 27.6 Å². The van der Waals surface area contributed by atoms with Gasteiger partial charge in [-0.25, -0.2) is 4.79 Å². The highest BCUT2D eigenvalue weighted by Crippen LogP contribution is 2.30. The molecule has 0 aliphatic carbocycles. The van der Waals surface area contributed by atoms with E-state index < -0.39 is 12.1 Å². The molecule has 17 heavy (non-hydrogen) atoms. The van der Waals surface area contributed by atoms with Gasteiger partial charge < -0.3 is 14.9 Å². The lowest BCUT2D eigenvalue weighted by molar-refractivity contribution is -0.147. The number of aldehydes is 1. The topological polar surface area (TPSA) is 108 Å². The fraction of sp³-hybridized carbons (Fsp3) is 0.182. The summed E-state index contributed by atoms with van der Waals surface area (Å²) < 4.78 is 4.88. The van der Waals surface area contributed by atoms with Crippen LogP contribution in [0.3, 0.4) is 0 Å². The van der Waals surface area contributed by atoms with Gasteiger partial charge in [-0.05, 0) is 6.07 Å². The summed E-state index contributed by atoms with van der Waals surface area (Å²) in [5.41, 5.74) is -0.0897. The SMILES string of the molecule is COc1c(C(O)C(=O)O)ccc(C=O)c1C#N. The van der Waals surface area contributed by atoms with E-state index in [9.17, 15) is 14.7 Å². The molecule has 6 heteroatoms. The number of carbonyl (C=O) groups is 2. The lowest BCUT2D eigenvalue weighted by Crippen LogP contribution is -2.13. The van der Waals surface area contributed by atoms with E-state index in [1.54, 1.807) is 6.07 Å². The minimum absolute atomic E-state index is 0.0675. The molecule has 0 amide bonds. The second-order valence-corrected chi connectivity index (χ2v) is 3.12. The molecule has 0 fully saturated rings. The summed E-state index contributed by atoms with van der Waals surface area (Å²) in [5, 5.41) is 27.0. The number of nitrogens with zero attached hydrogens (tertiary/aromatic N) is 1. The van der Waals surface area contributed by atoms with E-state index in [0.29, 0.717) is 6.29 Å². The van der Waals surface area contributed by atoms with Crippen LogP contribution in [0.25, 0.3) is 0 Å². The Morgan fingerprint density at radius 1 is 1.59 bits per heavy atom. The fourth-order valence-electron chi connectivity index (χ4n) is 1.40. The van der Waals surface area contributed by atoms with Gasteiger partial charge in [0.05, 0.1) is 7.11 Å². The molecule has 1 rings (SSSR count). The zero-order valence-electron chi connectivity index (χ0n) is 8.88. The van der Waals surface area contributed by atoms with E-state index in [-0.39, 0.29) is 22.4 Å². The van der Waals surface area contributed by atoms with Crippen molar-refractivity contribution in [3.05, 3.63) is 28.8 Å². The Bertz CT molecular complexity index is 503. The normalized spacial score (nSPS) is 11.4. The highest BCUT2D eigenvalue weighted by Gasteiger charge is 2.23. The molecule has 1 aromatic rings. The first-order valence-corrected chi connectivity index (χ1v) is 4.53. The Morgan fingerprint density at radius 3 is 2.65 bits per heavy atom.